The Kier molecular flexibility index (Phi) is 6.84. The second-order valence-corrected chi connectivity index (χ2v) is 8.52. The monoisotopic (exact) mass is 442 g/mol. The zero-order valence-corrected chi connectivity index (χ0v) is 18.8. The maximum Gasteiger partial charge on any atom is 0.285 e. The molecule has 8 heteroatoms. The Labute approximate surface area is 185 Å². The molecule has 1 aromatic heterocycles. The fourth-order valence-electron chi connectivity index (χ4n) is 2.77. The molecule has 0 aliphatic carbocycles. The van der Waals surface area contributed by atoms with E-state index in [1.165, 1.54) is 10.5 Å². The van der Waals surface area contributed by atoms with Gasteiger partial charge in [0.05, 0.1) is 17.8 Å². The maximum absolute atomic E-state index is 12.8. The lowest BCUT2D eigenvalue weighted by molar-refractivity contribution is 0.102. The van der Waals surface area contributed by atoms with Gasteiger partial charge in [-0.25, -0.2) is 4.68 Å². The molecule has 3 rings (SSSR count). The zero-order chi connectivity index (χ0) is 21.8. The highest BCUT2D eigenvalue weighted by molar-refractivity contribution is 8.13. The number of nitrogens with one attached hydrogen (secondary N) is 1. The van der Waals surface area contributed by atoms with Gasteiger partial charge < -0.3 is 10.2 Å². The van der Waals surface area contributed by atoms with Crippen molar-refractivity contribution in [3.05, 3.63) is 76.1 Å². The SMILES string of the molecule is Cc1ccc(Cn2nc(C)c(C(=O)Nc3ccc(SC(=O)N(C)C)cc3)c2Cl)cc1. The van der Waals surface area contributed by atoms with Gasteiger partial charge in [-0.1, -0.05) is 41.4 Å². The van der Waals surface area contributed by atoms with Crippen molar-refractivity contribution in [3.63, 3.8) is 0 Å². The van der Waals surface area contributed by atoms with Crippen LogP contribution in [0.5, 0.6) is 0 Å². The van der Waals surface area contributed by atoms with Gasteiger partial charge in [0.15, 0.2) is 0 Å². The number of carbonyl (C=O) groups is 2. The minimum atomic E-state index is -0.322. The first-order valence-electron chi connectivity index (χ1n) is 9.33. The zero-order valence-electron chi connectivity index (χ0n) is 17.3. The van der Waals surface area contributed by atoms with E-state index in [1.54, 1.807) is 50.0 Å². The molecule has 0 unspecified atom stereocenters. The van der Waals surface area contributed by atoms with E-state index >= 15 is 0 Å². The van der Waals surface area contributed by atoms with Crippen LogP contribution in [-0.2, 0) is 6.54 Å². The van der Waals surface area contributed by atoms with Gasteiger partial charge in [0.25, 0.3) is 11.1 Å². The fraction of sp³-hybridized carbons (Fsp3) is 0.227. The Morgan fingerprint density at radius 3 is 2.30 bits per heavy atom. The summed E-state index contributed by atoms with van der Waals surface area (Å²) in [5.74, 6) is -0.322. The molecule has 0 radical (unpaired) electrons. The molecule has 1 N–H and O–H groups in total. The first-order chi connectivity index (χ1) is 14.2. The van der Waals surface area contributed by atoms with Crippen LogP contribution in [0, 0.1) is 13.8 Å². The molecule has 0 atom stereocenters. The van der Waals surface area contributed by atoms with Crippen LogP contribution in [0.25, 0.3) is 0 Å². The van der Waals surface area contributed by atoms with Crippen LogP contribution in [-0.4, -0.2) is 39.9 Å². The van der Waals surface area contributed by atoms with Crippen molar-refractivity contribution in [3.8, 4) is 0 Å². The number of hydrogen-bond acceptors (Lipinski definition) is 4. The summed E-state index contributed by atoms with van der Waals surface area (Å²) in [4.78, 5) is 26.9. The van der Waals surface area contributed by atoms with Gasteiger partial charge >= 0.3 is 0 Å². The molecule has 30 heavy (non-hydrogen) atoms. The smallest absolute Gasteiger partial charge is 0.285 e. The van der Waals surface area contributed by atoms with Crippen molar-refractivity contribution in [1.29, 1.82) is 0 Å². The van der Waals surface area contributed by atoms with E-state index in [4.69, 9.17) is 11.6 Å². The Balaban J connectivity index is 1.71. The Hall–Kier alpha value is -2.77. The van der Waals surface area contributed by atoms with E-state index in [0.29, 0.717) is 28.6 Å². The summed E-state index contributed by atoms with van der Waals surface area (Å²) in [7, 11) is 3.41. The first-order valence-corrected chi connectivity index (χ1v) is 10.5. The van der Waals surface area contributed by atoms with Crippen molar-refractivity contribution < 1.29 is 9.59 Å². The summed E-state index contributed by atoms with van der Waals surface area (Å²) >= 11 is 7.60. The van der Waals surface area contributed by atoms with Gasteiger partial charge in [-0.15, -0.1) is 0 Å². The standard InChI is InChI=1S/C22H23ClN4O2S/c1-14-5-7-16(8-6-14)13-27-20(23)19(15(2)25-27)21(28)24-17-9-11-18(12-10-17)30-22(29)26(3)4/h5-12H,13H2,1-4H3,(H,24,28). The van der Waals surface area contributed by atoms with Gasteiger partial charge in [-0.3, -0.25) is 9.59 Å². The number of amides is 2. The van der Waals surface area contributed by atoms with Gasteiger partial charge in [-0.05, 0) is 55.4 Å². The summed E-state index contributed by atoms with van der Waals surface area (Å²) in [6.07, 6.45) is 0. The number of aryl methyl sites for hydroxylation is 2. The van der Waals surface area contributed by atoms with E-state index in [2.05, 4.69) is 10.4 Å². The van der Waals surface area contributed by atoms with Gasteiger partial charge in [0, 0.05) is 24.7 Å². The summed E-state index contributed by atoms with van der Waals surface area (Å²) in [6.45, 7) is 4.28. The number of aromatic nitrogens is 2. The highest BCUT2D eigenvalue weighted by atomic mass is 35.5. The highest BCUT2D eigenvalue weighted by Crippen LogP contribution is 2.25. The second-order valence-electron chi connectivity index (χ2n) is 7.14. The van der Waals surface area contributed by atoms with Crippen LogP contribution in [0.15, 0.2) is 53.4 Å². The molecule has 2 amide bonds. The van der Waals surface area contributed by atoms with Crippen LogP contribution < -0.4 is 5.32 Å². The normalized spacial score (nSPS) is 10.7. The quantitative estimate of drug-likeness (QED) is 0.549. The van der Waals surface area contributed by atoms with E-state index in [9.17, 15) is 9.59 Å². The molecular weight excluding hydrogens is 420 g/mol. The lowest BCUT2D eigenvalue weighted by atomic mass is 10.1. The van der Waals surface area contributed by atoms with Gasteiger partial charge in [-0.2, -0.15) is 5.10 Å². The predicted molar refractivity (Wildman–Crippen MR) is 122 cm³/mol. The minimum Gasteiger partial charge on any atom is -0.339 e. The lowest BCUT2D eigenvalue weighted by Crippen LogP contribution is -2.16. The summed E-state index contributed by atoms with van der Waals surface area (Å²) < 4.78 is 1.63. The summed E-state index contributed by atoms with van der Waals surface area (Å²) in [6, 6.07) is 15.2. The molecule has 0 aliphatic heterocycles. The largest absolute Gasteiger partial charge is 0.339 e. The number of hydrogen-bond donors (Lipinski definition) is 1. The summed E-state index contributed by atoms with van der Waals surface area (Å²) in [5, 5.41) is 7.52. The number of rotatable bonds is 5. The van der Waals surface area contributed by atoms with Gasteiger partial charge in [0.1, 0.15) is 5.15 Å². The number of benzene rings is 2. The number of thioether (sulfide) groups is 1. The molecule has 0 fully saturated rings. The Morgan fingerprint density at radius 1 is 1.07 bits per heavy atom. The third-order valence-electron chi connectivity index (χ3n) is 4.43. The average Bonchev–Trinajstić information content (AvgIpc) is 2.98. The molecule has 156 valence electrons. The molecule has 2 aromatic carbocycles. The molecule has 0 bridgehead atoms. The molecule has 0 spiro atoms. The van der Waals surface area contributed by atoms with Crippen molar-refractivity contribution in [2.45, 2.75) is 25.3 Å². The number of nitrogens with zero attached hydrogens (tertiary/aromatic N) is 3. The molecule has 0 saturated carbocycles. The van der Waals surface area contributed by atoms with Gasteiger partial charge in [0.2, 0.25) is 0 Å². The molecule has 1 heterocycles. The van der Waals surface area contributed by atoms with Crippen LogP contribution in [0.4, 0.5) is 10.5 Å². The van der Waals surface area contributed by atoms with E-state index in [-0.39, 0.29) is 11.1 Å². The van der Waals surface area contributed by atoms with Crippen LogP contribution in [0.1, 0.15) is 27.2 Å². The predicted octanol–water partition coefficient (Wildman–Crippen LogP) is 5.23. The Morgan fingerprint density at radius 2 is 1.70 bits per heavy atom. The lowest BCUT2D eigenvalue weighted by Gasteiger charge is -2.10. The highest BCUT2D eigenvalue weighted by Gasteiger charge is 2.20. The number of carbonyl (C=O) groups excluding carboxylic acids is 2. The average molecular weight is 443 g/mol. The van der Waals surface area contributed by atoms with Crippen LogP contribution >= 0.6 is 23.4 Å². The van der Waals surface area contributed by atoms with Crippen molar-refractivity contribution in [2.24, 2.45) is 0 Å². The molecule has 0 aliphatic rings. The van der Waals surface area contributed by atoms with Crippen molar-refractivity contribution in [2.75, 3.05) is 19.4 Å². The van der Waals surface area contributed by atoms with Crippen molar-refractivity contribution in [1.82, 2.24) is 14.7 Å². The molecule has 6 nitrogen and oxygen atoms in total. The molecule has 3 aromatic rings. The van der Waals surface area contributed by atoms with Crippen LogP contribution in [0.3, 0.4) is 0 Å². The van der Waals surface area contributed by atoms with E-state index in [0.717, 1.165) is 22.2 Å². The topological polar surface area (TPSA) is 67.2 Å². The van der Waals surface area contributed by atoms with E-state index < -0.39 is 0 Å². The number of halogens is 1. The third-order valence-corrected chi connectivity index (χ3v) is 5.86. The van der Waals surface area contributed by atoms with E-state index in [1.807, 2.05) is 31.2 Å². The molecule has 0 saturated heterocycles. The number of anilines is 1. The fourth-order valence-corrected chi connectivity index (χ4v) is 3.75. The Bertz CT molecular complexity index is 1060. The second kappa shape index (κ2) is 9.36. The maximum atomic E-state index is 12.8. The molecular formula is C22H23ClN4O2S. The van der Waals surface area contributed by atoms with Crippen molar-refractivity contribution >= 4 is 40.2 Å². The van der Waals surface area contributed by atoms with Crippen LogP contribution in [0.2, 0.25) is 5.15 Å². The first kappa shape index (κ1) is 21.9. The summed E-state index contributed by atoms with van der Waals surface area (Å²) in [5.41, 5.74) is 3.76. The minimum absolute atomic E-state index is 0.0600. The third kappa shape index (κ3) is 5.23.